The maximum Gasteiger partial charge on any atom is 0.328 e. The molecule has 25 heavy (non-hydrogen) atoms. The largest absolute Gasteiger partial charge is 0.463 e. The van der Waals surface area contributed by atoms with E-state index >= 15 is 0 Å². The fraction of sp³-hybridized carbons (Fsp3) is 0.833. The van der Waals surface area contributed by atoms with E-state index in [1.165, 1.54) is 39.5 Å². The number of rotatable bonds is 14. The van der Waals surface area contributed by atoms with Crippen LogP contribution in [0.15, 0.2) is 0 Å². The number of ether oxygens (including phenoxy) is 2. The van der Waals surface area contributed by atoms with E-state index in [-0.39, 0.29) is 25.1 Å². The van der Waals surface area contributed by atoms with Crippen molar-refractivity contribution >= 4 is 17.8 Å². The highest BCUT2D eigenvalue weighted by atomic mass is 16.6. The molecule has 0 radical (unpaired) electrons. The summed E-state index contributed by atoms with van der Waals surface area (Å²) < 4.78 is 9.81. The number of aliphatic hydroxyl groups is 1. The first kappa shape index (κ1) is 23.4. The van der Waals surface area contributed by atoms with Crippen molar-refractivity contribution in [2.75, 3.05) is 13.2 Å². The first-order valence-corrected chi connectivity index (χ1v) is 9.14. The van der Waals surface area contributed by atoms with E-state index < -0.39 is 18.1 Å². The monoisotopic (exact) mass is 359 g/mol. The lowest BCUT2D eigenvalue weighted by Crippen LogP contribution is -2.39. The van der Waals surface area contributed by atoms with Gasteiger partial charge in [0, 0.05) is 13.3 Å². The van der Waals surface area contributed by atoms with Crippen LogP contribution in [0.5, 0.6) is 0 Å². The molecular formula is C18H33NO6. The van der Waals surface area contributed by atoms with Gasteiger partial charge in [0.2, 0.25) is 5.91 Å². The van der Waals surface area contributed by atoms with Crippen LogP contribution in [-0.2, 0) is 23.9 Å². The molecule has 7 nitrogen and oxygen atoms in total. The Balaban J connectivity index is 3.66. The number of hydrogen-bond acceptors (Lipinski definition) is 6. The lowest BCUT2D eigenvalue weighted by molar-refractivity contribution is -0.154. The number of esters is 2. The van der Waals surface area contributed by atoms with Crippen LogP contribution >= 0.6 is 0 Å². The van der Waals surface area contributed by atoms with E-state index in [2.05, 4.69) is 12.2 Å². The lowest BCUT2D eigenvalue weighted by Gasteiger charge is -2.15. The van der Waals surface area contributed by atoms with Gasteiger partial charge in [-0.2, -0.15) is 0 Å². The van der Waals surface area contributed by atoms with E-state index in [0.29, 0.717) is 6.42 Å². The number of aliphatic hydroxyl groups excluding tert-OH is 1. The average Bonchev–Trinajstić information content (AvgIpc) is 2.56. The quantitative estimate of drug-likeness (QED) is 0.364. The summed E-state index contributed by atoms with van der Waals surface area (Å²) in [6, 6.07) is -0.787. The molecule has 1 amide bonds. The summed E-state index contributed by atoms with van der Waals surface area (Å²) in [5.41, 5.74) is 0. The van der Waals surface area contributed by atoms with Crippen molar-refractivity contribution in [1.29, 1.82) is 0 Å². The Kier molecular flexibility index (Phi) is 13.7. The maximum atomic E-state index is 11.6. The van der Waals surface area contributed by atoms with Crippen LogP contribution in [0, 0.1) is 0 Å². The predicted octanol–water partition coefficient (Wildman–Crippen LogP) is 2.10. The van der Waals surface area contributed by atoms with Gasteiger partial charge < -0.3 is 19.9 Å². The van der Waals surface area contributed by atoms with Gasteiger partial charge in [-0.1, -0.05) is 45.4 Å². The van der Waals surface area contributed by atoms with E-state index in [9.17, 15) is 19.5 Å². The van der Waals surface area contributed by atoms with Crippen LogP contribution in [0.2, 0.25) is 0 Å². The van der Waals surface area contributed by atoms with E-state index in [1.54, 1.807) is 0 Å². The van der Waals surface area contributed by atoms with Gasteiger partial charge in [0.1, 0.15) is 25.4 Å². The minimum atomic E-state index is -1.08. The highest BCUT2D eigenvalue weighted by Crippen LogP contribution is 2.08. The summed E-state index contributed by atoms with van der Waals surface area (Å²) in [4.78, 5) is 33.9. The zero-order chi connectivity index (χ0) is 19.1. The first-order valence-electron chi connectivity index (χ1n) is 9.14. The van der Waals surface area contributed by atoms with Gasteiger partial charge in [-0.3, -0.25) is 9.59 Å². The molecule has 0 aliphatic carbocycles. The molecule has 0 heterocycles. The fourth-order valence-corrected chi connectivity index (χ4v) is 2.20. The van der Waals surface area contributed by atoms with Crippen LogP contribution < -0.4 is 5.32 Å². The SMILES string of the molecule is CCCCCCCCCC(=O)OCC(O)COC(=O)[C@H](C)NC(C)=O. The minimum Gasteiger partial charge on any atom is -0.463 e. The van der Waals surface area contributed by atoms with Crippen LogP contribution in [-0.4, -0.2) is 48.3 Å². The Bertz CT molecular complexity index is 399. The highest BCUT2D eigenvalue weighted by molar-refractivity contribution is 5.82. The molecule has 0 aliphatic rings. The number of hydrogen-bond donors (Lipinski definition) is 2. The molecule has 0 aromatic rings. The fourth-order valence-electron chi connectivity index (χ4n) is 2.20. The molecule has 2 N–H and O–H groups in total. The molecule has 0 aliphatic heterocycles. The zero-order valence-electron chi connectivity index (χ0n) is 15.7. The van der Waals surface area contributed by atoms with Crippen molar-refractivity contribution in [3.05, 3.63) is 0 Å². The number of unbranched alkanes of at least 4 members (excludes halogenated alkanes) is 6. The molecule has 0 spiro atoms. The van der Waals surface area contributed by atoms with Gasteiger partial charge in [-0.05, 0) is 13.3 Å². The lowest BCUT2D eigenvalue weighted by atomic mass is 10.1. The van der Waals surface area contributed by atoms with Gasteiger partial charge >= 0.3 is 11.9 Å². The molecule has 0 bridgehead atoms. The average molecular weight is 359 g/mol. The number of carbonyl (C=O) groups excluding carboxylic acids is 3. The van der Waals surface area contributed by atoms with Crippen LogP contribution in [0.4, 0.5) is 0 Å². The van der Waals surface area contributed by atoms with Gasteiger partial charge in [0.15, 0.2) is 0 Å². The minimum absolute atomic E-state index is 0.211. The summed E-state index contributed by atoms with van der Waals surface area (Å²) in [6.45, 7) is 4.46. The van der Waals surface area contributed by atoms with Crippen molar-refractivity contribution in [3.63, 3.8) is 0 Å². The van der Waals surface area contributed by atoms with Gasteiger partial charge in [0.05, 0.1) is 0 Å². The van der Waals surface area contributed by atoms with Crippen molar-refractivity contribution in [2.45, 2.75) is 84.3 Å². The topological polar surface area (TPSA) is 102 Å². The van der Waals surface area contributed by atoms with Crippen molar-refractivity contribution < 1.29 is 29.0 Å². The maximum absolute atomic E-state index is 11.6. The Hall–Kier alpha value is -1.63. The van der Waals surface area contributed by atoms with Crippen molar-refractivity contribution in [3.8, 4) is 0 Å². The third-order valence-electron chi connectivity index (χ3n) is 3.61. The van der Waals surface area contributed by atoms with Crippen molar-refractivity contribution in [1.82, 2.24) is 5.32 Å². The molecule has 7 heteroatoms. The summed E-state index contributed by atoms with van der Waals surface area (Å²) in [6.07, 6.45) is 7.08. The van der Waals surface area contributed by atoms with Crippen LogP contribution in [0.1, 0.15) is 72.1 Å². The van der Waals surface area contributed by atoms with Crippen LogP contribution in [0.3, 0.4) is 0 Å². The molecule has 0 rings (SSSR count). The summed E-state index contributed by atoms with van der Waals surface area (Å²) in [5.74, 6) is -1.35. The Morgan fingerprint density at radius 1 is 0.960 bits per heavy atom. The normalized spacial score (nSPS) is 13.0. The van der Waals surface area contributed by atoms with E-state index in [1.807, 2.05) is 0 Å². The van der Waals surface area contributed by atoms with Crippen molar-refractivity contribution in [2.24, 2.45) is 0 Å². The molecule has 1 unspecified atom stereocenters. The smallest absolute Gasteiger partial charge is 0.328 e. The van der Waals surface area contributed by atoms with Gasteiger partial charge in [-0.15, -0.1) is 0 Å². The Labute approximate surface area is 150 Å². The molecule has 0 fully saturated rings. The predicted molar refractivity (Wildman–Crippen MR) is 93.8 cm³/mol. The second-order valence-corrected chi connectivity index (χ2v) is 6.26. The van der Waals surface area contributed by atoms with Gasteiger partial charge in [0.25, 0.3) is 0 Å². The van der Waals surface area contributed by atoms with Gasteiger partial charge in [-0.25, -0.2) is 4.79 Å². The molecule has 0 saturated heterocycles. The molecular weight excluding hydrogens is 326 g/mol. The zero-order valence-corrected chi connectivity index (χ0v) is 15.7. The number of nitrogens with one attached hydrogen (secondary N) is 1. The standard InChI is InChI=1S/C18H33NO6/c1-4-5-6-7-8-9-10-11-17(22)24-12-16(21)13-25-18(23)14(2)19-15(3)20/h14,16,21H,4-13H2,1-3H3,(H,19,20)/t14-,16?/m0/s1. The summed E-state index contributed by atoms with van der Waals surface area (Å²) >= 11 is 0. The van der Waals surface area contributed by atoms with E-state index in [4.69, 9.17) is 9.47 Å². The molecule has 0 aromatic carbocycles. The Morgan fingerprint density at radius 2 is 1.52 bits per heavy atom. The Morgan fingerprint density at radius 3 is 2.12 bits per heavy atom. The number of carbonyl (C=O) groups is 3. The third kappa shape index (κ3) is 14.4. The highest BCUT2D eigenvalue weighted by Gasteiger charge is 2.17. The first-order chi connectivity index (χ1) is 11.9. The second-order valence-electron chi connectivity index (χ2n) is 6.26. The number of amides is 1. The molecule has 0 aromatic heterocycles. The van der Waals surface area contributed by atoms with E-state index in [0.717, 1.165) is 19.3 Å². The van der Waals surface area contributed by atoms with Crippen LogP contribution in [0.25, 0.3) is 0 Å². The third-order valence-corrected chi connectivity index (χ3v) is 3.61. The molecule has 146 valence electrons. The molecule has 2 atom stereocenters. The second kappa shape index (κ2) is 14.7. The summed E-state index contributed by atoms with van der Waals surface area (Å²) in [7, 11) is 0. The molecule has 0 saturated carbocycles. The summed E-state index contributed by atoms with van der Waals surface area (Å²) in [5, 5.41) is 12.0.